The number of nitriles is 1. The summed E-state index contributed by atoms with van der Waals surface area (Å²) in [5.41, 5.74) is 1.30. The number of hydrogen-bond donors (Lipinski definition) is 1. The van der Waals surface area contributed by atoms with Crippen LogP contribution in [0.1, 0.15) is 73.0 Å². The third-order valence-electron chi connectivity index (χ3n) is 10.1. The fourth-order valence-electron chi connectivity index (χ4n) is 7.43. The Labute approximate surface area is 273 Å². The van der Waals surface area contributed by atoms with Crippen molar-refractivity contribution in [3.63, 3.8) is 0 Å². The number of amides is 1. The first-order chi connectivity index (χ1) is 22.7. The second-order valence-corrected chi connectivity index (χ2v) is 13.0. The van der Waals surface area contributed by atoms with E-state index in [-0.39, 0.29) is 23.9 Å². The largest absolute Gasteiger partial charge is 0.416 e. The van der Waals surface area contributed by atoms with Crippen LogP contribution in [0.2, 0.25) is 0 Å². The predicted molar refractivity (Wildman–Crippen MR) is 171 cm³/mol. The molecule has 0 radical (unpaired) electrons. The van der Waals surface area contributed by atoms with Crippen LogP contribution in [0.15, 0.2) is 79.1 Å². The number of hydrogen-bond acceptors (Lipinski definition) is 6. The van der Waals surface area contributed by atoms with Crippen LogP contribution in [0, 0.1) is 11.3 Å². The summed E-state index contributed by atoms with van der Waals surface area (Å²) in [5, 5.41) is 12.9. The summed E-state index contributed by atoms with van der Waals surface area (Å²) in [4.78, 5) is 24.6. The van der Waals surface area contributed by atoms with Crippen LogP contribution in [0.5, 0.6) is 0 Å². The Bertz CT molecular complexity index is 1590. The van der Waals surface area contributed by atoms with Gasteiger partial charge in [0.05, 0.1) is 28.4 Å². The molecule has 7 rings (SSSR count). The maximum Gasteiger partial charge on any atom is 0.416 e. The maximum atomic E-state index is 14.1. The van der Waals surface area contributed by atoms with Gasteiger partial charge in [-0.05, 0) is 98.9 Å². The van der Waals surface area contributed by atoms with Gasteiger partial charge in [-0.3, -0.25) is 14.8 Å². The molecule has 10 heteroatoms. The number of carbonyl (C=O) groups is 1. The predicted octanol–water partition coefficient (Wildman–Crippen LogP) is 6.44. The molecule has 3 aromatic rings. The molecule has 1 saturated carbocycles. The summed E-state index contributed by atoms with van der Waals surface area (Å²) in [6, 6.07) is 18.2. The maximum absolute atomic E-state index is 14.1. The Morgan fingerprint density at radius 1 is 0.936 bits per heavy atom. The third kappa shape index (κ3) is 7.12. The lowest BCUT2D eigenvalue weighted by Gasteiger charge is -2.37. The quantitative estimate of drug-likeness (QED) is 0.322. The lowest BCUT2D eigenvalue weighted by Crippen LogP contribution is -2.49. The highest BCUT2D eigenvalue weighted by Gasteiger charge is 2.50. The first-order valence-corrected chi connectivity index (χ1v) is 16.4. The molecule has 0 bridgehead atoms. The number of halogens is 3. The van der Waals surface area contributed by atoms with Crippen LogP contribution in [-0.2, 0) is 39.5 Å². The normalized spacial score (nSPS) is 23.8. The van der Waals surface area contributed by atoms with Gasteiger partial charge in [0.15, 0.2) is 0 Å². The van der Waals surface area contributed by atoms with Crippen molar-refractivity contribution >= 4 is 5.91 Å². The summed E-state index contributed by atoms with van der Waals surface area (Å²) in [6.07, 6.45) is 9.42. The lowest BCUT2D eigenvalue weighted by atomic mass is 9.79. The van der Waals surface area contributed by atoms with Gasteiger partial charge >= 0.3 is 6.18 Å². The molecule has 47 heavy (non-hydrogen) atoms. The molecule has 2 atom stereocenters. The monoisotopic (exact) mass is 643 g/mol. The second-order valence-electron chi connectivity index (χ2n) is 13.0. The van der Waals surface area contributed by atoms with Gasteiger partial charge in [-0.15, -0.1) is 0 Å². The highest BCUT2D eigenvalue weighted by molar-refractivity contribution is 5.88. The Balaban J connectivity index is 0.000000248. The van der Waals surface area contributed by atoms with Crippen LogP contribution >= 0.6 is 0 Å². The molecule has 1 N–H and O–H groups in total. The van der Waals surface area contributed by atoms with Crippen LogP contribution < -0.4 is 5.32 Å². The highest BCUT2D eigenvalue weighted by atomic mass is 19.4. The molecule has 4 aliphatic rings. The number of nitrogens with one attached hydrogen (secondary N) is 1. The Morgan fingerprint density at radius 3 is 2.28 bits per heavy atom. The van der Waals surface area contributed by atoms with Crippen molar-refractivity contribution in [3.05, 3.63) is 107 Å². The van der Waals surface area contributed by atoms with E-state index in [4.69, 9.17) is 10.00 Å². The Hall–Kier alpha value is -4.07. The van der Waals surface area contributed by atoms with Crippen molar-refractivity contribution in [1.29, 1.82) is 5.26 Å². The van der Waals surface area contributed by atoms with Crippen molar-refractivity contribution in [1.82, 2.24) is 20.2 Å². The summed E-state index contributed by atoms with van der Waals surface area (Å²) in [7, 11) is 0. The molecule has 4 heterocycles. The Morgan fingerprint density at radius 2 is 1.64 bits per heavy atom. The van der Waals surface area contributed by atoms with E-state index < -0.39 is 17.2 Å². The fourth-order valence-corrected chi connectivity index (χ4v) is 7.43. The molecule has 246 valence electrons. The number of rotatable bonds is 5. The molecule has 2 aliphatic heterocycles. The van der Waals surface area contributed by atoms with Crippen LogP contribution in [0.3, 0.4) is 0 Å². The van der Waals surface area contributed by atoms with Gasteiger partial charge in [0.1, 0.15) is 5.41 Å². The zero-order valence-electron chi connectivity index (χ0n) is 26.4. The zero-order chi connectivity index (χ0) is 32.9. The van der Waals surface area contributed by atoms with Crippen molar-refractivity contribution in [2.24, 2.45) is 0 Å². The molecular formula is C37H40F3N5O2. The standard InChI is InChI=1S/C26H30F3N3O2.C11H10N2/c27-26(28,29)20-5-4-18-7-12-32(17-19(18)15-20)24(33)25(23-3-1-2-11-30-23)10-6-22(16-25)31-21-8-13-34-14-9-21;12-9-11(6-2-3-7-11)10-5-1-4-8-13-10/h1-5,11,15,21-22,31H,6-10,12-14,16-17H2;1-5,8H,6-7H2/t22-,25+;/m1./s1. The van der Waals surface area contributed by atoms with Crippen LogP contribution in [-0.4, -0.2) is 52.6 Å². The molecular weight excluding hydrogens is 603 g/mol. The average molecular weight is 644 g/mol. The number of allylic oxidation sites excluding steroid dienone is 2. The van der Waals surface area contributed by atoms with Crippen molar-refractivity contribution in [2.45, 2.75) is 87.0 Å². The smallest absolute Gasteiger partial charge is 0.381 e. The number of alkyl halides is 3. The molecule has 7 nitrogen and oxygen atoms in total. The fraction of sp³-hybridized carbons (Fsp3) is 0.459. The molecule has 2 fully saturated rings. The summed E-state index contributed by atoms with van der Waals surface area (Å²) in [6.45, 7) is 2.21. The second kappa shape index (κ2) is 14.0. The van der Waals surface area contributed by atoms with Gasteiger partial charge in [-0.1, -0.05) is 30.4 Å². The molecule has 1 amide bonds. The van der Waals surface area contributed by atoms with Crippen LogP contribution in [0.25, 0.3) is 0 Å². The third-order valence-corrected chi connectivity index (χ3v) is 10.1. The lowest BCUT2D eigenvalue weighted by molar-refractivity contribution is -0.138. The van der Waals surface area contributed by atoms with Gasteiger partial charge in [-0.25, -0.2) is 0 Å². The number of aromatic nitrogens is 2. The minimum absolute atomic E-state index is 0.0226. The number of carbonyl (C=O) groups excluding carboxylic acids is 1. The summed E-state index contributed by atoms with van der Waals surface area (Å²) >= 11 is 0. The van der Waals surface area contributed by atoms with E-state index >= 15 is 0 Å². The van der Waals surface area contributed by atoms with Gasteiger partial charge in [0.25, 0.3) is 0 Å². The van der Waals surface area contributed by atoms with Crippen molar-refractivity contribution in [3.8, 4) is 6.07 Å². The minimum atomic E-state index is -4.40. The highest BCUT2D eigenvalue weighted by Crippen LogP contribution is 2.43. The summed E-state index contributed by atoms with van der Waals surface area (Å²) in [5.74, 6) is -0.0226. The van der Waals surface area contributed by atoms with Gasteiger partial charge in [-0.2, -0.15) is 18.4 Å². The SMILES string of the molecule is N#CC1(c2ccccn2)CC=CC1.O=C(N1CCc2ccc(C(F)(F)F)cc2C1)[C@@]1(c2ccccn2)CC[C@@H](NC2CCOCC2)C1. The Kier molecular flexibility index (Phi) is 9.76. The van der Waals surface area contributed by atoms with Gasteiger partial charge in [0.2, 0.25) is 5.91 Å². The van der Waals surface area contributed by atoms with E-state index in [9.17, 15) is 18.0 Å². The van der Waals surface area contributed by atoms with Crippen molar-refractivity contribution < 1.29 is 22.7 Å². The van der Waals surface area contributed by atoms with E-state index in [1.165, 1.54) is 6.07 Å². The van der Waals surface area contributed by atoms with Gasteiger partial charge < -0.3 is 15.0 Å². The first kappa shape index (κ1) is 32.9. The van der Waals surface area contributed by atoms with E-state index in [1.54, 1.807) is 23.4 Å². The number of nitrogens with zero attached hydrogens (tertiary/aromatic N) is 4. The minimum Gasteiger partial charge on any atom is -0.381 e. The van der Waals surface area contributed by atoms with E-state index in [2.05, 4.69) is 33.5 Å². The van der Waals surface area contributed by atoms with E-state index in [1.807, 2.05) is 36.4 Å². The van der Waals surface area contributed by atoms with Crippen LogP contribution in [0.4, 0.5) is 13.2 Å². The zero-order valence-corrected chi connectivity index (χ0v) is 26.4. The van der Waals surface area contributed by atoms with E-state index in [0.717, 1.165) is 68.3 Å². The molecule has 1 saturated heterocycles. The first-order valence-electron chi connectivity index (χ1n) is 16.4. The number of fused-ring (bicyclic) bond motifs is 1. The molecule has 0 unspecified atom stereocenters. The topological polar surface area (TPSA) is 91.1 Å². The van der Waals surface area contributed by atoms with E-state index in [0.29, 0.717) is 37.4 Å². The number of ether oxygens (including phenoxy) is 1. The molecule has 2 aromatic heterocycles. The van der Waals surface area contributed by atoms with Gasteiger partial charge in [0, 0.05) is 50.8 Å². The molecule has 2 aliphatic carbocycles. The molecule has 0 spiro atoms. The number of benzene rings is 1. The summed E-state index contributed by atoms with van der Waals surface area (Å²) < 4.78 is 45.3. The van der Waals surface area contributed by atoms with Crippen molar-refractivity contribution in [2.75, 3.05) is 19.8 Å². The average Bonchev–Trinajstić information content (AvgIpc) is 3.78. The number of pyridine rings is 2. The molecule has 1 aromatic carbocycles.